The van der Waals surface area contributed by atoms with E-state index in [2.05, 4.69) is 116 Å². The van der Waals surface area contributed by atoms with Gasteiger partial charge in [-0.2, -0.15) is 0 Å². The molecule has 0 radical (unpaired) electrons. The summed E-state index contributed by atoms with van der Waals surface area (Å²) in [6.45, 7) is 4.19. The molecule has 1 amide bonds. The molecule has 0 saturated carbocycles. The van der Waals surface area contributed by atoms with Gasteiger partial charge in [-0.25, -0.2) is 0 Å². The third-order valence-corrected chi connectivity index (χ3v) is 12.0. The maximum atomic E-state index is 12.5. The Morgan fingerprint density at radius 3 is 1.08 bits per heavy atom. The van der Waals surface area contributed by atoms with Crippen molar-refractivity contribution >= 4 is 5.91 Å². The van der Waals surface area contributed by atoms with Gasteiger partial charge in [-0.3, -0.25) is 4.79 Å². The first kappa shape index (κ1) is 62.1. The van der Waals surface area contributed by atoms with Crippen molar-refractivity contribution in [2.24, 2.45) is 0 Å². The molecule has 65 heavy (non-hydrogen) atoms. The Morgan fingerprint density at radius 2 is 0.692 bits per heavy atom. The standard InChI is InChI=1S/C61H105NO3/c1-3-5-7-9-11-13-15-17-19-21-23-25-27-28-29-30-31-32-33-34-35-37-39-41-43-45-47-49-51-53-55-57-61(65)62-59(58-63)60(64)56-54-52-50-48-46-44-42-40-38-36-26-24-22-20-18-16-14-12-10-8-6-4-2/h5,7,11,13,17,19,23,25,28-29,31-32,34-35,46,48,54,56,59-60,63-64H,3-4,6,8-10,12,14-16,18,20-22,24,26-27,30,33,36-45,47,49-53,55,57-58H2,1-2H3,(H,62,65)/b7-5-,13-11-,19-17-,25-23-,29-28-,32-31-,35-34-,48-46+,56-54+. The largest absolute Gasteiger partial charge is 0.394 e. The third kappa shape index (κ3) is 51.9. The summed E-state index contributed by atoms with van der Waals surface area (Å²) in [5, 5.41) is 23.1. The van der Waals surface area contributed by atoms with E-state index in [0.717, 1.165) is 83.5 Å². The lowest BCUT2D eigenvalue weighted by Crippen LogP contribution is -2.45. The Labute approximate surface area is 404 Å². The fourth-order valence-corrected chi connectivity index (χ4v) is 7.82. The molecular weight excluding hydrogens is 795 g/mol. The molecule has 3 N–H and O–H groups in total. The van der Waals surface area contributed by atoms with Crippen LogP contribution < -0.4 is 5.32 Å². The van der Waals surface area contributed by atoms with Gasteiger partial charge < -0.3 is 15.5 Å². The monoisotopic (exact) mass is 900 g/mol. The molecule has 2 atom stereocenters. The second-order valence-corrected chi connectivity index (χ2v) is 18.3. The van der Waals surface area contributed by atoms with E-state index in [9.17, 15) is 15.0 Å². The van der Waals surface area contributed by atoms with Crippen LogP contribution in [-0.4, -0.2) is 34.9 Å². The van der Waals surface area contributed by atoms with Crippen LogP contribution in [0.3, 0.4) is 0 Å². The highest BCUT2D eigenvalue weighted by Gasteiger charge is 2.17. The summed E-state index contributed by atoms with van der Waals surface area (Å²) in [6, 6.07) is -0.651. The first-order valence-corrected chi connectivity index (χ1v) is 27.6. The molecule has 2 unspecified atom stereocenters. The molecule has 0 saturated heterocycles. The number of aliphatic hydroxyl groups excluding tert-OH is 2. The van der Waals surface area contributed by atoms with Crippen LogP contribution >= 0.6 is 0 Å². The van der Waals surface area contributed by atoms with Crippen molar-refractivity contribution in [3.8, 4) is 0 Å². The average molecular weight is 901 g/mol. The number of amides is 1. The molecule has 4 nitrogen and oxygen atoms in total. The van der Waals surface area contributed by atoms with Crippen LogP contribution in [-0.2, 0) is 4.79 Å². The van der Waals surface area contributed by atoms with Gasteiger partial charge in [0.1, 0.15) is 0 Å². The molecule has 372 valence electrons. The van der Waals surface area contributed by atoms with Crippen molar-refractivity contribution in [1.29, 1.82) is 0 Å². The number of allylic oxidation sites excluding steroid dienone is 17. The van der Waals surface area contributed by atoms with Gasteiger partial charge in [0.25, 0.3) is 0 Å². The van der Waals surface area contributed by atoms with Crippen molar-refractivity contribution in [3.05, 3.63) is 109 Å². The van der Waals surface area contributed by atoms with Gasteiger partial charge >= 0.3 is 0 Å². The van der Waals surface area contributed by atoms with E-state index in [4.69, 9.17) is 0 Å². The van der Waals surface area contributed by atoms with Crippen molar-refractivity contribution in [2.45, 2.75) is 264 Å². The number of hydrogen-bond donors (Lipinski definition) is 3. The van der Waals surface area contributed by atoms with Crippen LogP contribution in [0.15, 0.2) is 109 Å². The normalized spacial score (nSPS) is 13.7. The maximum absolute atomic E-state index is 12.5. The van der Waals surface area contributed by atoms with Gasteiger partial charge in [-0.15, -0.1) is 0 Å². The van der Waals surface area contributed by atoms with Crippen LogP contribution in [0, 0.1) is 0 Å². The third-order valence-electron chi connectivity index (χ3n) is 12.0. The second-order valence-electron chi connectivity index (χ2n) is 18.3. The minimum absolute atomic E-state index is 0.0834. The van der Waals surface area contributed by atoms with Crippen molar-refractivity contribution in [3.63, 3.8) is 0 Å². The Kier molecular flexibility index (Phi) is 52.9. The Morgan fingerprint density at radius 1 is 0.385 bits per heavy atom. The quantitative estimate of drug-likeness (QED) is 0.0421. The SMILES string of the molecule is CC/C=C\C/C=C\C/C=C\C/C=C\C/C=C\C/C=C\C/C=C\CCCCCCCCCCCC(=O)NC(CO)C(O)/C=C/CC/C=C/CCCCCCCCCCCCCCCCCC. The summed E-state index contributed by atoms with van der Waals surface area (Å²) in [5.41, 5.74) is 0. The number of nitrogens with one attached hydrogen (secondary N) is 1. The minimum atomic E-state index is -0.873. The average Bonchev–Trinajstić information content (AvgIpc) is 3.31. The lowest BCUT2D eigenvalue weighted by molar-refractivity contribution is -0.123. The van der Waals surface area contributed by atoms with Crippen molar-refractivity contribution in [2.75, 3.05) is 6.61 Å². The smallest absolute Gasteiger partial charge is 0.220 e. The molecule has 0 aromatic rings. The molecule has 0 aromatic carbocycles. The number of hydrogen-bond acceptors (Lipinski definition) is 3. The molecule has 0 aliphatic carbocycles. The lowest BCUT2D eigenvalue weighted by Gasteiger charge is -2.19. The van der Waals surface area contributed by atoms with Gasteiger partial charge in [0.2, 0.25) is 5.91 Å². The van der Waals surface area contributed by atoms with Crippen LogP contribution in [0.25, 0.3) is 0 Å². The molecule has 4 heteroatoms. The summed E-state index contributed by atoms with van der Waals surface area (Å²) >= 11 is 0. The number of carbonyl (C=O) groups excluding carboxylic acids is 1. The molecule has 0 fully saturated rings. The van der Waals surface area contributed by atoms with E-state index < -0.39 is 12.1 Å². The summed E-state index contributed by atoms with van der Waals surface area (Å²) < 4.78 is 0. The molecule has 0 aromatic heterocycles. The van der Waals surface area contributed by atoms with E-state index in [1.54, 1.807) is 6.08 Å². The van der Waals surface area contributed by atoms with Crippen molar-refractivity contribution < 1.29 is 15.0 Å². The zero-order valence-electron chi connectivity index (χ0n) is 42.7. The molecular formula is C61H105NO3. The maximum Gasteiger partial charge on any atom is 0.220 e. The van der Waals surface area contributed by atoms with Gasteiger partial charge in [0.15, 0.2) is 0 Å². The number of rotatable bonds is 49. The first-order chi connectivity index (χ1) is 32.2. The molecule has 0 rings (SSSR count). The zero-order chi connectivity index (χ0) is 47.0. The highest BCUT2D eigenvalue weighted by Crippen LogP contribution is 2.15. The highest BCUT2D eigenvalue weighted by atomic mass is 16.3. The Bertz CT molecular complexity index is 1250. The molecule has 0 aliphatic heterocycles. The highest BCUT2D eigenvalue weighted by molar-refractivity contribution is 5.76. The summed E-state index contributed by atoms with van der Waals surface area (Å²) in [6.07, 6.45) is 83.8. The Hall–Kier alpha value is -2.95. The predicted molar refractivity (Wildman–Crippen MR) is 289 cm³/mol. The fourth-order valence-electron chi connectivity index (χ4n) is 7.82. The number of unbranched alkanes of at least 4 members (excludes halogenated alkanes) is 26. The predicted octanol–water partition coefficient (Wildman–Crippen LogP) is 18.3. The van der Waals surface area contributed by atoms with Gasteiger partial charge in [-0.05, 0) is 89.9 Å². The topological polar surface area (TPSA) is 69.6 Å². The van der Waals surface area contributed by atoms with E-state index in [0.29, 0.717) is 6.42 Å². The Balaban J connectivity index is 3.62. The van der Waals surface area contributed by atoms with Crippen LogP contribution in [0.4, 0.5) is 0 Å². The van der Waals surface area contributed by atoms with Gasteiger partial charge in [-0.1, -0.05) is 264 Å². The number of carbonyl (C=O) groups is 1. The molecule has 0 spiro atoms. The first-order valence-electron chi connectivity index (χ1n) is 27.6. The van der Waals surface area contributed by atoms with Gasteiger partial charge in [0.05, 0.1) is 18.8 Å². The summed E-state index contributed by atoms with van der Waals surface area (Å²) in [5.74, 6) is -0.0834. The zero-order valence-corrected chi connectivity index (χ0v) is 42.7. The van der Waals surface area contributed by atoms with Crippen LogP contribution in [0.5, 0.6) is 0 Å². The fraction of sp³-hybridized carbons (Fsp3) is 0.689. The van der Waals surface area contributed by atoms with Crippen LogP contribution in [0.1, 0.15) is 251 Å². The van der Waals surface area contributed by atoms with E-state index >= 15 is 0 Å². The van der Waals surface area contributed by atoms with Crippen LogP contribution in [0.2, 0.25) is 0 Å². The molecule has 0 aliphatic rings. The van der Waals surface area contributed by atoms with Crippen molar-refractivity contribution in [1.82, 2.24) is 5.32 Å². The minimum Gasteiger partial charge on any atom is -0.394 e. The summed E-state index contributed by atoms with van der Waals surface area (Å²) in [7, 11) is 0. The van der Waals surface area contributed by atoms with Gasteiger partial charge in [0, 0.05) is 6.42 Å². The molecule has 0 bridgehead atoms. The van der Waals surface area contributed by atoms with E-state index in [1.807, 2.05) is 6.08 Å². The number of aliphatic hydroxyl groups is 2. The molecule has 0 heterocycles. The van der Waals surface area contributed by atoms with E-state index in [1.165, 1.54) is 148 Å². The lowest BCUT2D eigenvalue weighted by atomic mass is 10.0. The van der Waals surface area contributed by atoms with E-state index in [-0.39, 0.29) is 12.5 Å². The summed E-state index contributed by atoms with van der Waals surface area (Å²) in [4.78, 5) is 12.5. The second kappa shape index (κ2) is 55.4.